The highest BCUT2D eigenvalue weighted by molar-refractivity contribution is 5.87. The summed E-state index contributed by atoms with van der Waals surface area (Å²) in [7, 11) is 0. The molecule has 0 saturated carbocycles. The Morgan fingerprint density at radius 3 is 2.70 bits per heavy atom. The SMILES string of the molecule is CCOC(=O)Nc1ccc(NCc2ccccc2F)[nH+]c1N.[Cl-]. The summed E-state index contributed by atoms with van der Waals surface area (Å²) in [5.74, 6) is 0.602. The largest absolute Gasteiger partial charge is 1.00 e. The Labute approximate surface area is 139 Å². The minimum Gasteiger partial charge on any atom is -1.00 e. The number of carbonyl (C=O) groups excluding carboxylic acids is 1. The molecule has 0 aliphatic heterocycles. The highest BCUT2D eigenvalue weighted by Gasteiger charge is 2.11. The highest BCUT2D eigenvalue weighted by atomic mass is 35.5. The van der Waals surface area contributed by atoms with E-state index in [0.717, 1.165) is 0 Å². The van der Waals surface area contributed by atoms with E-state index in [1.54, 1.807) is 37.3 Å². The van der Waals surface area contributed by atoms with Crippen LogP contribution in [0, 0.1) is 5.82 Å². The monoisotopic (exact) mass is 340 g/mol. The van der Waals surface area contributed by atoms with Gasteiger partial charge in [-0.05, 0) is 19.1 Å². The van der Waals surface area contributed by atoms with E-state index >= 15 is 0 Å². The summed E-state index contributed by atoms with van der Waals surface area (Å²) in [4.78, 5) is 14.2. The van der Waals surface area contributed by atoms with Crippen LogP contribution in [0.2, 0.25) is 0 Å². The minimum absolute atomic E-state index is 0. The lowest BCUT2D eigenvalue weighted by Crippen LogP contribution is -3.00. The first-order chi connectivity index (χ1) is 10.6. The second-order valence-electron chi connectivity index (χ2n) is 4.49. The van der Waals surface area contributed by atoms with Crippen LogP contribution in [-0.4, -0.2) is 12.7 Å². The van der Waals surface area contributed by atoms with Crippen molar-refractivity contribution < 1.29 is 31.3 Å². The number of nitrogen functional groups attached to an aromatic ring is 1. The Morgan fingerprint density at radius 1 is 1.30 bits per heavy atom. The van der Waals surface area contributed by atoms with Gasteiger partial charge in [-0.25, -0.2) is 14.2 Å². The van der Waals surface area contributed by atoms with Gasteiger partial charge in [0.05, 0.1) is 13.2 Å². The number of benzene rings is 1. The van der Waals surface area contributed by atoms with Crippen LogP contribution >= 0.6 is 0 Å². The van der Waals surface area contributed by atoms with Crippen LogP contribution in [0.4, 0.5) is 26.5 Å². The first-order valence-corrected chi connectivity index (χ1v) is 6.83. The molecule has 0 aliphatic rings. The van der Waals surface area contributed by atoms with E-state index in [9.17, 15) is 9.18 Å². The van der Waals surface area contributed by atoms with Gasteiger partial charge in [0, 0.05) is 11.6 Å². The number of hydrogen-bond acceptors (Lipinski definition) is 4. The highest BCUT2D eigenvalue weighted by Crippen LogP contribution is 2.16. The zero-order valence-electron chi connectivity index (χ0n) is 12.5. The van der Waals surface area contributed by atoms with Crippen molar-refractivity contribution in [3.8, 4) is 0 Å². The van der Waals surface area contributed by atoms with Crippen LogP contribution < -0.4 is 33.8 Å². The van der Waals surface area contributed by atoms with Crippen LogP contribution in [0.5, 0.6) is 0 Å². The number of aromatic amines is 1. The lowest BCUT2D eigenvalue weighted by atomic mass is 10.2. The van der Waals surface area contributed by atoms with Crippen molar-refractivity contribution in [2.45, 2.75) is 13.5 Å². The van der Waals surface area contributed by atoms with Gasteiger partial charge >= 0.3 is 6.09 Å². The summed E-state index contributed by atoms with van der Waals surface area (Å²) in [6.45, 7) is 2.30. The lowest BCUT2D eigenvalue weighted by Gasteiger charge is -2.07. The molecule has 0 saturated heterocycles. The number of H-pyrrole nitrogens is 1. The predicted molar refractivity (Wildman–Crippen MR) is 81.8 cm³/mol. The molecule has 1 aromatic heterocycles. The minimum atomic E-state index is -0.574. The molecule has 1 heterocycles. The molecule has 0 radical (unpaired) electrons. The molecule has 0 bridgehead atoms. The van der Waals surface area contributed by atoms with Crippen molar-refractivity contribution in [3.05, 3.63) is 47.8 Å². The third kappa shape index (κ3) is 5.30. The van der Waals surface area contributed by atoms with Crippen molar-refractivity contribution in [3.63, 3.8) is 0 Å². The molecular formula is C15H18ClFN4O2. The van der Waals surface area contributed by atoms with Crippen molar-refractivity contribution in [2.75, 3.05) is 23.0 Å². The maximum Gasteiger partial charge on any atom is 0.411 e. The third-order valence-electron chi connectivity index (χ3n) is 2.92. The Morgan fingerprint density at radius 2 is 2.04 bits per heavy atom. The summed E-state index contributed by atoms with van der Waals surface area (Å²) in [6.07, 6.45) is -0.574. The summed E-state index contributed by atoms with van der Waals surface area (Å²) in [6, 6.07) is 9.83. The molecular weight excluding hydrogens is 323 g/mol. The number of carbonyl (C=O) groups is 1. The molecule has 5 N–H and O–H groups in total. The van der Waals surface area contributed by atoms with Crippen LogP contribution in [0.3, 0.4) is 0 Å². The van der Waals surface area contributed by atoms with E-state index in [1.165, 1.54) is 6.07 Å². The molecule has 23 heavy (non-hydrogen) atoms. The number of amides is 1. The molecule has 1 aromatic carbocycles. The molecule has 0 aliphatic carbocycles. The second-order valence-corrected chi connectivity index (χ2v) is 4.49. The van der Waals surface area contributed by atoms with E-state index in [0.29, 0.717) is 23.6 Å². The number of hydrogen-bond donors (Lipinski definition) is 3. The lowest BCUT2D eigenvalue weighted by molar-refractivity contribution is -0.342. The molecule has 1 amide bonds. The van der Waals surface area contributed by atoms with Gasteiger partial charge in [-0.2, -0.15) is 0 Å². The Hall–Kier alpha value is -2.54. The van der Waals surface area contributed by atoms with Gasteiger partial charge in [-0.3, -0.25) is 5.32 Å². The number of rotatable bonds is 5. The van der Waals surface area contributed by atoms with Crippen LogP contribution in [-0.2, 0) is 11.3 Å². The van der Waals surface area contributed by atoms with Crippen molar-refractivity contribution in [1.82, 2.24) is 0 Å². The zero-order valence-corrected chi connectivity index (χ0v) is 13.3. The second kappa shape index (κ2) is 8.79. The van der Waals surface area contributed by atoms with E-state index < -0.39 is 6.09 Å². The molecule has 0 atom stereocenters. The number of nitrogens with two attached hydrogens (primary N) is 1. The molecule has 0 fully saturated rings. The van der Waals surface area contributed by atoms with E-state index in [4.69, 9.17) is 10.5 Å². The normalized spacial score (nSPS) is 9.65. The maximum absolute atomic E-state index is 13.5. The van der Waals surface area contributed by atoms with Crippen molar-refractivity contribution >= 4 is 23.4 Å². The average Bonchev–Trinajstić information content (AvgIpc) is 2.49. The molecule has 2 rings (SSSR count). The summed E-state index contributed by atoms with van der Waals surface area (Å²) in [5.41, 5.74) is 6.78. The molecule has 8 heteroatoms. The average molecular weight is 341 g/mol. The topological polar surface area (TPSA) is 90.5 Å². The predicted octanol–water partition coefficient (Wildman–Crippen LogP) is -0.593. The Balaban J connectivity index is 0.00000264. The number of pyridine rings is 1. The van der Waals surface area contributed by atoms with Gasteiger partial charge in [0.2, 0.25) is 11.6 Å². The molecule has 124 valence electrons. The summed E-state index contributed by atoms with van der Waals surface area (Å²) >= 11 is 0. The van der Waals surface area contributed by atoms with Crippen LogP contribution in [0.15, 0.2) is 36.4 Å². The molecule has 2 aromatic rings. The Kier molecular flexibility index (Phi) is 7.08. The van der Waals surface area contributed by atoms with Gasteiger partial charge < -0.3 is 28.2 Å². The van der Waals surface area contributed by atoms with Crippen LogP contribution in [0.1, 0.15) is 12.5 Å². The fourth-order valence-corrected chi connectivity index (χ4v) is 1.83. The smallest absolute Gasteiger partial charge is 0.411 e. The first-order valence-electron chi connectivity index (χ1n) is 6.83. The van der Waals surface area contributed by atoms with Crippen molar-refractivity contribution in [2.24, 2.45) is 0 Å². The van der Waals surface area contributed by atoms with Gasteiger partial charge in [0.25, 0.3) is 0 Å². The molecule has 0 unspecified atom stereocenters. The van der Waals surface area contributed by atoms with Crippen molar-refractivity contribution in [1.29, 1.82) is 0 Å². The van der Waals surface area contributed by atoms with Gasteiger partial charge in [-0.1, -0.05) is 18.2 Å². The number of ether oxygens (including phenoxy) is 1. The summed E-state index contributed by atoms with van der Waals surface area (Å²) in [5, 5.41) is 5.54. The Bertz CT molecular complexity index is 670. The first kappa shape index (κ1) is 18.5. The fourth-order valence-electron chi connectivity index (χ4n) is 1.83. The molecule has 0 spiro atoms. The maximum atomic E-state index is 13.5. The van der Waals surface area contributed by atoms with Gasteiger partial charge in [0.1, 0.15) is 11.5 Å². The molecule has 6 nitrogen and oxygen atoms in total. The van der Waals surface area contributed by atoms with E-state index in [2.05, 4.69) is 15.6 Å². The quantitative estimate of drug-likeness (QED) is 0.678. The zero-order chi connectivity index (χ0) is 15.9. The van der Waals surface area contributed by atoms with E-state index in [-0.39, 0.29) is 30.6 Å². The van der Waals surface area contributed by atoms with E-state index in [1.807, 2.05) is 0 Å². The standard InChI is InChI=1S/C15H17FN4O2.ClH/c1-2-22-15(21)19-12-7-8-13(20-14(12)17)18-9-10-5-3-4-6-11(10)16;/h3-8H,2,9H2,1H3,(H,19,21)(H3,17,18,20);1H. The fraction of sp³-hybridized carbons (Fsp3) is 0.200. The number of halogens is 2. The van der Waals surface area contributed by atoms with Gasteiger partial charge in [-0.15, -0.1) is 0 Å². The number of aromatic nitrogens is 1. The number of nitrogens with one attached hydrogen (secondary N) is 3. The van der Waals surface area contributed by atoms with Crippen LogP contribution in [0.25, 0.3) is 0 Å². The summed E-state index contributed by atoms with van der Waals surface area (Å²) < 4.78 is 18.3. The third-order valence-corrected chi connectivity index (χ3v) is 2.92. The van der Waals surface area contributed by atoms with Gasteiger partial charge in [0.15, 0.2) is 0 Å². The number of anilines is 3.